The van der Waals surface area contributed by atoms with Gasteiger partial charge in [-0.3, -0.25) is 4.79 Å². The maximum Gasteiger partial charge on any atom is 0.222 e. The van der Waals surface area contributed by atoms with Gasteiger partial charge in [-0.25, -0.2) is 4.98 Å². The van der Waals surface area contributed by atoms with Crippen LogP contribution in [0.4, 0.5) is 0 Å². The van der Waals surface area contributed by atoms with Gasteiger partial charge in [-0.15, -0.1) is 11.3 Å². The van der Waals surface area contributed by atoms with Crippen molar-refractivity contribution in [1.29, 1.82) is 0 Å². The second-order valence-electron chi connectivity index (χ2n) is 5.59. The van der Waals surface area contributed by atoms with Gasteiger partial charge in [0, 0.05) is 35.9 Å². The molecule has 2 heterocycles. The van der Waals surface area contributed by atoms with Crippen LogP contribution in [0.15, 0.2) is 35.3 Å². The lowest BCUT2D eigenvalue weighted by Crippen LogP contribution is -2.26. The number of hydrogen-bond donors (Lipinski definition) is 1. The molecular weight excluding hydrogens is 294 g/mol. The van der Waals surface area contributed by atoms with Crippen LogP contribution in [0.2, 0.25) is 0 Å². The largest absolute Gasteiger partial charge is 0.361 e. The average Bonchev–Trinajstić information content (AvgIpc) is 3.14. The van der Waals surface area contributed by atoms with E-state index in [1.807, 2.05) is 18.6 Å². The number of carbonyl (C=O) groups is 1. The monoisotopic (exact) mass is 313 g/mol. The average molecular weight is 313 g/mol. The van der Waals surface area contributed by atoms with Crippen molar-refractivity contribution in [3.05, 3.63) is 52.1 Å². The first kappa shape index (κ1) is 14.8. The summed E-state index contributed by atoms with van der Waals surface area (Å²) in [6, 6.07) is 6.35. The Balaban J connectivity index is 1.63. The van der Waals surface area contributed by atoms with Crippen molar-refractivity contribution < 1.29 is 4.79 Å². The van der Waals surface area contributed by atoms with Crippen molar-refractivity contribution in [2.75, 3.05) is 7.05 Å². The van der Waals surface area contributed by atoms with Gasteiger partial charge in [0.25, 0.3) is 0 Å². The number of nitrogens with zero attached hydrogens (tertiary/aromatic N) is 2. The molecule has 2 aromatic heterocycles. The number of rotatable bonds is 5. The lowest BCUT2D eigenvalue weighted by molar-refractivity contribution is -0.130. The van der Waals surface area contributed by atoms with E-state index in [-0.39, 0.29) is 5.91 Å². The van der Waals surface area contributed by atoms with E-state index >= 15 is 0 Å². The quantitative estimate of drug-likeness (QED) is 0.783. The van der Waals surface area contributed by atoms with Gasteiger partial charge >= 0.3 is 0 Å². The summed E-state index contributed by atoms with van der Waals surface area (Å²) in [4.78, 5) is 21.5. The predicted octanol–water partition coefficient (Wildman–Crippen LogP) is 3.52. The van der Waals surface area contributed by atoms with Gasteiger partial charge in [-0.05, 0) is 31.0 Å². The van der Waals surface area contributed by atoms with Crippen LogP contribution in [-0.4, -0.2) is 27.8 Å². The lowest BCUT2D eigenvalue weighted by Gasteiger charge is -2.15. The number of aryl methyl sites for hydroxylation is 2. The number of amides is 1. The van der Waals surface area contributed by atoms with Crippen LogP contribution in [0.1, 0.15) is 23.2 Å². The Morgan fingerprint density at radius 1 is 1.41 bits per heavy atom. The van der Waals surface area contributed by atoms with Gasteiger partial charge in [0.15, 0.2) is 0 Å². The van der Waals surface area contributed by atoms with Gasteiger partial charge in [-0.2, -0.15) is 0 Å². The zero-order chi connectivity index (χ0) is 15.5. The number of fused-ring (bicyclic) bond motifs is 1. The molecule has 0 aliphatic heterocycles. The topological polar surface area (TPSA) is 49.0 Å². The molecule has 0 aliphatic carbocycles. The fourth-order valence-electron chi connectivity index (χ4n) is 2.58. The van der Waals surface area contributed by atoms with Crippen LogP contribution in [-0.2, 0) is 17.8 Å². The fourth-order valence-corrected chi connectivity index (χ4v) is 3.13. The van der Waals surface area contributed by atoms with E-state index in [4.69, 9.17) is 0 Å². The summed E-state index contributed by atoms with van der Waals surface area (Å²) < 4.78 is 0. The van der Waals surface area contributed by atoms with Crippen molar-refractivity contribution in [2.24, 2.45) is 0 Å². The molecule has 0 unspecified atom stereocenters. The Labute approximate surface area is 133 Å². The third-order valence-electron chi connectivity index (χ3n) is 3.84. The third-order valence-corrected chi connectivity index (χ3v) is 4.47. The maximum absolute atomic E-state index is 12.3. The minimum absolute atomic E-state index is 0.148. The van der Waals surface area contributed by atoms with Gasteiger partial charge in [-0.1, -0.05) is 11.6 Å². The molecule has 0 radical (unpaired) electrons. The molecule has 0 atom stereocenters. The highest BCUT2D eigenvalue weighted by molar-refractivity contribution is 7.07. The lowest BCUT2D eigenvalue weighted by atomic mass is 10.1. The maximum atomic E-state index is 12.3. The molecule has 0 aliphatic rings. The van der Waals surface area contributed by atoms with Crippen molar-refractivity contribution in [3.63, 3.8) is 0 Å². The van der Waals surface area contributed by atoms with Crippen molar-refractivity contribution in [2.45, 2.75) is 26.3 Å². The van der Waals surface area contributed by atoms with Crippen LogP contribution in [0.5, 0.6) is 0 Å². The van der Waals surface area contributed by atoms with E-state index in [2.05, 4.69) is 35.1 Å². The second-order valence-corrected chi connectivity index (χ2v) is 6.31. The first-order chi connectivity index (χ1) is 10.6. The summed E-state index contributed by atoms with van der Waals surface area (Å²) in [6.07, 6.45) is 3.28. The Hall–Kier alpha value is -2.14. The van der Waals surface area contributed by atoms with Gasteiger partial charge in [0.05, 0.1) is 17.7 Å². The van der Waals surface area contributed by atoms with Crippen LogP contribution in [0.25, 0.3) is 10.9 Å². The number of aromatic amines is 1. The molecular formula is C17H19N3OS. The number of H-pyrrole nitrogens is 1. The fraction of sp³-hybridized carbons (Fsp3) is 0.294. The Morgan fingerprint density at radius 3 is 3.05 bits per heavy atom. The molecule has 0 fully saturated rings. The molecule has 1 N–H and O–H groups in total. The summed E-state index contributed by atoms with van der Waals surface area (Å²) in [5.41, 5.74) is 6.31. The van der Waals surface area contributed by atoms with E-state index < -0.39 is 0 Å². The standard InChI is InChI=1S/C17H19N3OS/c1-12-3-5-16-15(7-12)13(8-18-16)4-6-17(21)20(2)9-14-10-22-11-19-14/h3,5,7-8,10-11,18H,4,6,9H2,1-2H3. The van der Waals surface area contributed by atoms with Gasteiger partial charge < -0.3 is 9.88 Å². The van der Waals surface area contributed by atoms with E-state index in [0.717, 1.165) is 17.6 Å². The normalized spacial score (nSPS) is 11.0. The molecule has 22 heavy (non-hydrogen) atoms. The number of aromatic nitrogens is 2. The minimum atomic E-state index is 0.148. The van der Waals surface area contributed by atoms with Gasteiger partial charge in [0.1, 0.15) is 0 Å². The zero-order valence-electron chi connectivity index (χ0n) is 12.8. The summed E-state index contributed by atoms with van der Waals surface area (Å²) in [5, 5.41) is 3.20. The highest BCUT2D eigenvalue weighted by atomic mass is 32.1. The SMILES string of the molecule is Cc1ccc2[nH]cc(CCC(=O)N(C)Cc3cscn3)c2c1. The summed E-state index contributed by atoms with van der Waals surface area (Å²) in [6.45, 7) is 2.67. The minimum Gasteiger partial charge on any atom is -0.361 e. The van der Waals surface area contributed by atoms with Crippen molar-refractivity contribution in [3.8, 4) is 0 Å². The molecule has 3 rings (SSSR count). The first-order valence-corrected chi connectivity index (χ1v) is 8.25. The molecule has 0 bridgehead atoms. The molecule has 0 saturated carbocycles. The Morgan fingerprint density at radius 2 is 2.27 bits per heavy atom. The number of carbonyl (C=O) groups excluding carboxylic acids is 1. The van der Waals surface area contributed by atoms with Crippen LogP contribution in [0.3, 0.4) is 0 Å². The number of benzene rings is 1. The van der Waals surface area contributed by atoms with Crippen molar-refractivity contribution in [1.82, 2.24) is 14.9 Å². The number of nitrogens with one attached hydrogen (secondary N) is 1. The smallest absolute Gasteiger partial charge is 0.222 e. The molecule has 4 nitrogen and oxygen atoms in total. The summed E-state index contributed by atoms with van der Waals surface area (Å²) in [7, 11) is 1.83. The number of hydrogen-bond acceptors (Lipinski definition) is 3. The summed E-state index contributed by atoms with van der Waals surface area (Å²) >= 11 is 1.55. The van der Waals surface area contributed by atoms with Crippen LogP contribution in [0, 0.1) is 6.92 Å². The van der Waals surface area contributed by atoms with E-state index in [9.17, 15) is 4.79 Å². The molecule has 0 spiro atoms. The molecule has 1 amide bonds. The molecule has 5 heteroatoms. The predicted molar refractivity (Wildman–Crippen MR) is 89.9 cm³/mol. The Bertz CT molecular complexity index is 776. The molecule has 1 aromatic carbocycles. The molecule has 3 aromatic rings. The highest BCUT2D eigenvalue weighted by Gasteiger charge is 2.12. The van der Waals surface area contributed by atoms with E-state index in [1.165, 1.54) is 16.5 Å². The van der Waals surface area contributed by atoms with E-state index in [0.29, 0.717) is 13.0 Å². The molecule has 114 valence electrons. The van der Waals surface area contributed by atoms with Crippen LogP contribution >= 0.6 is 11.3 Å². The Kier molecular flexibility index (Phi) is 4.24. The van der Waals surface area contributed by atoms with Crippen LogP contribution < -0.4 is 0 Å². The zero-order valence-corrected chi connectivity index (χ0v) is 13.6. The second kappa shape index (κ2) is 6.32. The van der Waals surface area contributed by atoms with Gasteiger partial charge in [0.2, 0.25) is 5.91 Å². The van der Waals surface area contributed by atoms with E-state index in [1.54, 1.807) is 21.7 Å². The first-order valence-electron chi connectivity index (χ1n) is 7.31. The number of thiazole rings is 1. The third kappa shape index (κ3) is 3.20. The van der Waals surface area contributed by atoms with Crippen molar-refractivity contribution >= 4 is 28.1 Å². The summed E-state index contributed by atoms with van der Waals surface area (Å²) in [5.74, 6) is 0.148. The molecule has 0 saturated heterocycles. The highest BCUT2D eigenvalue weighted by Crippen LogP contribution is 2.21.